The lowest BCUT2D eigenvalue weighted by Crippen LogP contribution is -2.13. The van der Waals surface area contributed by atoms with Gasteiger partial charge in [0.05, 0.1) is 16.1 Å². The second-order valence-electron chi connectivity index (χ2n) is 4.65. The summed E-state index contributed by atoms with van der Waals surface area (Å²) >= 11 is 8.96. The van der Waals surface area contributed by atoms with Crippen LogP contribution in [0.5, 0.6) is 5.75 Å². The van der Waals surface area contributed by atoms with Gasteiger partial charge >= 0.3 is 0 Å². The van der Waals surface area contributed by atoms with Crippen LogP contribution in [0.1, 0.15) is 5.56 Å². The van der Waals surface area contributed by atoms with E-state index >= 15 is 0 Å². The van der Waals surface area contributed by atoms with Gasteiger partial charge in [0, 0.05) is 9.26 Å². The molecule has 0 radical (unpaired) electrons. The highest BCUT2D eigenvalue weighted by Gasteiger charge is 2.12. The molecule has 2 aromatic rings. The summed E-state index contributed by atoms with van der Waals surface area (Å²) in [6.07, 6.45) is 1.53. The van der Waals surface area contributed by atoms with Gasteiger partial charge in [-0.3, -0.25) is 4.79 Å². The summed E-state index contributed by atoms with van der Waals surface area (Å²) in [6.45, 7) is 0. The number of benzene rings is 2. The summed E-state index contributed by atoms with van der Waals surface area (Å²) in [6, 6.07) is 12.9. The van der Waals surface area contributed by atoms with E-state index in [4.69, 9.17) is 4.74 Å². The molecule has 24 heavy (non-hydrogen) atoms. The molecule has 1 N–H and O–H groups in total. The van der Waals surface area contributed by atoms with Crippen LogP contribution < -0.4 is 10.1 Å². The van der Waals surface area contributed by atoms with Gasteiger partial charge in [0.2, 0.25) is 0 Å². The fourth-order valence-corrected chi connectivity index (χ4v) is 4.03. The van der Waals surface area contributed by atoms with Crippen LogP contribution >= 0.6 is 54.5 Å². The van der Waals surface area contributed by atoms with E-state index in [0.29, 0.717) is 17.0 Å². The van der Waals surface area contributed by atoms with Gasteiger partial charge in [-0.2, -0.15) is 5.26 Å². The van der Waals surface area contributed by atoms with Crippen LogP contribution in [0.25, 0.3) is 6.08 Å². The van der Waals surface area contributed by atoms with Crippen LogP contribution in [-0.2, 0) is 4.79 Å². The van der Waals surface area contributed by atoms with Gasteiger partial charge in [-0.1, -0.05) is 6.07 Å². The molecule has 0 aliphatic rings. The number of halogens is 3. The molecule has 4 nitrogen and oxygen atoms in total. The van der Waals surface area contributed by atoms with Gasteiger partial charge in [-0.05, 0) is 96.4 Å². The van der Waals surface area contributed by atoms with Gasteiger partial charge < -0.3 is 10.1 Å². The molecule has 0 heterocycles. The van der Waals surface area contributed by atoms with E-state index < -0.39 is 5.91 Å². The molecule has 2 aromatic carbocycles. The second-order valence-corrected chi connectivity index (χ2v) is 7.61. The minimum Gasteiger partial charge on any atom is -0.494 e. The number of anilines is 1. The zero-order valence-electron chi connectivity index (χ0n) is 12.4. The van der Waals surface area contributed by atoms with E-state index in [1.54, 1.807) is 25.3 Å². The Labute approximate surface area is 170 Å². The van der Waals surface area contributed by atoms with E-state index in [9.17, 15) is 10.1 Å². The van der Waals surface area contributed by atoms with E-state index in [1.807, 2.05) is 24.3 Å². The first-order chi connectivity index (χ1) is 11.4. The molecule has 0 saturated carbocycles. The Bertz CT molecular complexity index is 837. The minimum absolute atomic E-state index is 0.0119. The molecule has 0 aliphatic heterocycles. The van der Waals surface area contributed by atoms with Crippen molar-refractivity contribution in [2.24, 2.45) is 0 Å². The molecule has 0 atom stereocenters. The SMILES string of the molecule is COc1c(Br)cc(/C=C(\C#N)C(=O)Nc2cccc(I)c2)cc1Br. The summed E-state index contributed by atoms with van der Waals surface area (Å²) in [7, 11) is 1.57. The maximum absolute atomic E-state index is 12.3. The Morgan fingerprint density at radius 2 is 1.96 bits per heavy atom. The van der Waals surface area contributed by atoms with Crippen LogP contribution in [-0.4, -0.2) is 13.0 Å². The molecule has 0 unspecified atom stereocenters. The van der Waals surface area contributed by atoms with Crippen molar-refractivity contribution in [3.63, 3.8) is 0 Å². The number of carbonyl (C=O) groups is 1. The number of carbonyl (C=O) groups excluding carboxylic acids is 1. The molecule has 0 spiro atoms. The second kappa shape index (κ2) is 8.65. The molecule has 2 rings (SSSR count). The van der Waals surface area contributed by atoms with Crippen LogP contribution in [0.2, 0.25) is 0 Å². The Morgan fingerprint density at radius 3 is 2.50 bits per heavy atom. The molecule has 0 aromatic heterocycles. The number of ether oxygens (including phenoxy) is 1. The zero-order chi connectivity index (χ0) is 17.7. The number of nitrogens with one attached hydrogen (secondary N) is 1. The van der Waals surface area contributed by atoms with Gasteiger partial charge in [0.25, 0.3) is 5.91 Å². The maximum Gasteiger partial charge on any atom is 0.266 e. The van der Waals surface area contributed by atoms with Crippen LogP contribution in [0, 0.1) is 14.9 Å². The van der Waals surface area contributed by atoms with Crippen LogP contribution in [0.4, 0.5) is 5.69 Å². The van der Waals surface area contributed by atoms with Crippen LogP contribution in [0.15, 0.2) is 50.9 Å². The van der Waals surface area contributed by atoms with Gasteiger partial charge in [-0.25, -0.2) is 0 Å². The van der Waals surface area contributed by atoms with Gasteiger partial charge in [-0.15, -0.1) is 0 Å². The minimum atomic E-state index is -0.456. The lowest BCUT2D eigenvalue weighted by molar-refractivity contribution is -0.112. The van der Waals surface area contributed by atoms with E-state index in [2.05, 4.69) is 59.8 Å². The average Bonchev–Trinajstić information content (AvgIpc) is 2.52. The van der Waals surface area contributed by atoms with Crippen molar-refractivity contribution in [3.8, 4) is 11.8 Å². The van der Waals surface area contributed by atoms with Crippen molar-refractivity contribution >= 4 is 72.1 Å². The number of nitriles is 1. The monoisotopic (exact) mass is 560 g/mol. The van der Waals surface area contributed by atoms with Crippen molar-refractivity contribution in [3.05, 3.63) is 60.1 Å². The topological polar surface area (TPSA) is 62.1 Å². The lowest BCUT2D eigenvalue weighted by atomic mass is 10.1. The van der Waals surface area contributed by atoms with Crippen molar-refractivity contribution in [2.45, 2.75) is 0 Å². The zero-order valence-corrected chi connectivity index (χ0v) is 17.8. The maximum atomic E-state index is 12.3. The molecule has 0 fully saturated rings. The molecule has 0 saturated heterocycles. The predicted molar refractivity (Wildman–Crippen MR) is 110 cm³/mol. The van der Waals surface area contributed by atoms with Crippen molar-refractivity contribution in [1.82, 2.24) is 0 Å². The fourth-order valence-electron chi connectivity index (χ4n) is 1.94. The van der Waals surface area contributed by atoms with Gasteiger partial charge in [0.15, 0.2) is 0 Å². The Morgan fingerprint density at radius 1 is 1.29 bits per heavy atom. The summed E-state index contributed by atoms with van der Waals surface area (Å²) in [5, 5.41) is 12.0. The van der Waals surface area contributed by atoms with Crippen molar-refractivity contribution in [2.75, 3.05) is 12.4 Å². The van der Waals surface area contributed by atoms with E-state index in [1.165, 1.54) is 6.08 Å². The Balaban J connectivity index is 2.29. The van der Waals surface area contributed by atoms with Crippen molar-refractivity contribution in [1.29, 1.82) is 5.26 Å². The number of methoxy groups -OCH3 is 1. The summed E-state index contributed by atoms with van der Waals surface area (Å²) in [5.74, 6) is 0.191. The number of hydrogen-bond donors (Lipinski definition) is 1. The third kappa shape index (κ3) is 4.82. The third-order valence-corrected chi connectivity index (χ3v) is 4.83. The first-order valence-electron chi connectivity index (χ1n) is 6.66. The number of hydrogen-bond acceptors (Lipinski definition) is 3. The van der Waals surface area contributed by atoms with Crippen LogP contribution in [0.3, 0.4) is 0 Å². The Kier molecular flexibility index (Phi) is 6.83. The molecule has 7 heteroatoms. The highest BCUT2D eigenvalue weighted by molar-refractivity contribution is 14.1. The fraction of sp³-hybridized carbons (Fsp3) is 0.0588. The van der Waals surface area contributed by atoms with Gasteiger partial charge in [0.1, 0.15) is 17.4 Å². The van der Waals surface area contributed by atoms with Crippen molar-refractivity contribution < 1.29 is 9.53 Å². The van der Waals surface area contributed by atoms with E-state index in [-0.39, 0.29) is 5.57 Å². The summed E-state index contributed by atoms with van der Waals surface area (Å²) in [5.41, 5.74) is 1.35. The number of nitrogens with zero attached hydrogens (tertiary/aromatic N) is 1. The molecular formula is C17H11Br2IN2O2. The molecule has 0 aliphatic carbocycles. The predicted octanol–water partition coefficient (Wildman–Crippen LogP) is 5.37. The highest BCUT2D eigenvalue weighted by atomic mass is 127. The molecule has 0 bridgehead atoms. The molecular weight excluding hydrogens is 551 g/mol. The first-order valence-corrected chi connectivity index (χ1v) is 9.33. The largest absolute Gasteiger partial charge is 0.494 e. The smallest absolute Gasteiger partial charge is 0.266 e. The Hall–Kier alpha value is -1.37. The third-order valence-electron chi connectivity index (χ3n) is 2.98. The molecule has 122 valence electrons. The quantitative estimate of drug-likeness (QED) is 0.310. The summed E-state index contributed by atoms with van der Waals surface area (Å²) in [4.78, 5) is 12.3. The number of amides is 1. The molecule has 1 amide bonds. The van der Waals surface area contributed by atoms with E-state index in [0.717, 1.165) is 12.5 Å². The average molecular weight is 562 g/mol. The normalized spacial score (nSPS) is 10.9. The highest BCUT2D eigenvalue weighted by Crippen LogP contribution is 2.35. The summed E-state index contributed by atoms with van der Waals surface area (Å²) < 4.78 is 7.68. The standard InChI is InChI=1S/C17H11Br2IN2O2/c1-24-16-14(18)6-10(7-15(16)19)5-11(9-21)17(23)22-13-4-2-3-12(20)8-13/h2-8H,1H3,(H,22,23)/b11-5+. The first kappa shape index (κ1) is 19.0. The lowest BCUT2D eigenvalue weighted by Gasteiger charge is -2.08. The number of rotatable bonds is 4.